The van der Waals surface area contributed by atoms with E-state index in [4.69, 9.17) is 4.74 Å². The van der Waals surface area contributed by atoms with Crippen LogP contribution in [0.3, 0.4) is 0 Å². The molecule has 1 aromatic heterocycles. The second-order valence-corrected chi connectivity index (χ2v) is 4.94. The van der Waals surface area contributed by atoms with Crippen molar-refractivity contribution in [2.45, 2.75) is 19.1 Å². The summed E-state index contributed by atoms with van der Waals surface area (Å²) in [5.74, 6) is 0. The topological polar surface area (TPSA) is 37.4 Å². The van der Waals surface area contributed by atoms with Gasteiger partial charge >= 0.3 is 0 Å². The van der Waals surface area contributed by atoms with Crippen LogP contribution >= 0.6 is 11.3 Å². The summed E-state index contributed by atoms with van der Waals surface area (Å²) in [5.41, 5.74) is 0. The minimum absolute atomic E-state index is 0.213. The summed E-state index contributed by atoms with van der Waals surface area (Å²) in [6.45, 7) is 5.78. The molecule has 2 heterocycles. The number of hydrogen-bond donors (Lipinski definition) is 1. The predicted molar refractivity (Wildman–Crippen MR) is 65.8 cm³/mol. The minimum Gasteiger partial charge on any atom is -0.373 e. The van der Waals surface area contributed by atoms with Crippen molar-refractivity contribution in [2.24, 2.45) is 0 Å². The van der Waals surface area contributed by atoms with Crippen molar-refractivity contribution in [1.82, 2.24) is 15.2 Å². The van der Waals surface area contributed by atoms with Crippen molar-refractivity contribution in [3.05, 3.63) is 16.6 Å². The highest BCUT2D eigenvalue weighted by atomic mass is 32.1. The lowest BCUT2D eigenvalue weighted by molar-refractivity contribution is -0.0612. The van der Waals surface area contributed by atoms with E-state index in [1.807, 2.05) is 11.6 Å². The lowest BCUT2D eigenvalue weighted by atomic mass is 10.1. The summed E-state index contributed by atoms with van der Waals surface area (Å²) in [6, 6.07) is 0.299. The first kappa shape index (κ1) is 12.0. The molecule has 2 rings (SSSR count). The Hall–Kier alpha value is -0.490. The van der Waals surface area contributed by atoms with Gasteiger partial charge < -0.3 is 10.1 Å². The molecule has 1 aliphatic rings. The molecule has 5 heteroatoms. The molecule has 0 aliphatic carbocycles. The number of ether oxygens (including phenoxy) is 1. The van der Waals surface area contributed by atoms with Crippen molar-refractivity contribution >= 4 is 11.3 Å². The lowest BCUT2D eigenvalue weighted by Gasteiger charge is -2.38. The molecule has 0 radical (unpaired) electrons. The maximum absolute atomic E-state index is 5.85. The summed E-state index contributed by atoms with van der Waals surface area (Å²) >= 11 is 1.71. The third kappa shape index (κ3) is 2.60. The molecule has 0 bridgehead atoms. The Morgan fingerprint density at radius 3 is 3.25 bits per heavy atom. The van der Waals surface area contributed by atoms with Gasteiger partial charge in [-0.1, -0.05) is 6.92 Å². The summed E-state index contributed by atoms with van der Waals surface area (Å²) in [5, 5.41) is 6.54. The highest BCUT2D eigenvalue weighted by Crippen LogP contribution is 2.29. The normalized spacial score (nSPS) is 27.1. The SMILES string of the molecule is CCNCC1OCCN(C)C1c1nccs1. The Bertz CT molecular complexity index is 304. The van der Waals surface area contributed by atoms with Crippen molar-refractivity contribution in [3.63, 3.8) is 0 Å². The van der Waals surface area contributed by atoms with Crippen molar-refractivity contribution < 1.29 is 4.74 Å². The number of thiazole rings is 1. The van der Waals surface area contributed by atoms with Crippen LogP contribution in [0.25, 0.3) is 0 Å². The third-order valence-corrected chi connectivity index (χ3v) is 3.75. The van der Waals surface area contributed by atoms with Gasteiger partial charge in [-0.25, -0.2) is 4.98 Å². The molecule has 1 aliphatic heterocycles. The fourth-order valence-corrected chi connectivity index (χ4v) is 2.90. The van der Waals surface area contributed by atoms with E-state index in [-0.39, 0.29) is 6.10 Å². The Balaban J connectivity index is 2.08. The van der Waals surface area contributed by atoms with Crippen LogP contribution in [0.1, 0.15) is 18.0 Å². The number of nitrogens with zero attached hydrogens (tertiary/aromatic N) is 2. The molecule has 0 spiro atoms. The molecule has 16 heavy (non-hydrogen) atoms. The Kier molecular flexibility index (Phi) is 4.29. The first-order chi connectivity index (χ1) is 7.83. The zero-order valence-electron chi connectivity index (χ0n) is 9.85. The summed E-state index contributed by atoms with van der Waals surface area (Å²) in [4.78, 5) is 6.76. The molecular weight excluding hydrogens is 222 g/mol. The molecule has 2 unspecified atom stereocenters. The average molecular weight is 241 g/mol. The van der Waals surface area contributed by atoms with Gasteiger partial charge in [-0.2, -0.15) is 0 Å². The Morgan fingerprint density at radius 1 is 1.69 bits per heavy atom. The second-order valence-electron chi connectivity index (χ2n) is 4.01. The number of nitrogens with one attached hydrogen (secondary N) is 1. The first-order valence-corrected chi connectivity index (χ1v) is 6.63. The van der Waals surface area contributed by atoms with Gasteiger partial charge in [0, 0.05) is 24.7 Å². The third-order valence-electron chi connectivity index (χ3n) is 2.90. The molecule has 1 aromatic rings. The number of rotatable bonds is 4. The van der Waals surface area contributed by atoms with E-state index >= 15 is 0 Å². The van der Waals surface area contributed by atoms with Gasteiger partial charge in [-0.3, -0.25) is 4.90 Å². The zero-order chi connectivity index (χ0) is 11.4. The van der Waals surface area contributed by atoms with Gasteiger partial charge in [-0.15, -0.1) is 11.3 Å². The molecule has 1 N–H and O–H groups in total. The van der Waals surface area contributed by atoms with Crippen molar-refractivity contribution in [3.8, 4) is 0 Å². The van der Waals surface area contributed by atoms with E-state index in [0.29, 0.717) is 6.04 Å². The van der Waals surface area contributed by atoms with E-state index in [9.17, 15) is 0 Å². The lowest BCUT2D eigenvalue weighted by Crippen LogP contribution is -2.47. The van der Waals surface area contributed by atoms with E-state index in [1.54, 1.807) is 11.3 Å². The van der Waals surface area contributed by atoms with Gasteiger partial charge in [0.2, 0.25) is 0 Å². The Morgan fingerprint density at radius 2 is 2.56 bits per heavy atom. The largest absolute Gasteiger partial charge is 0.373 e. The molecule has 4 nitrogen and oxygen atoms in total. The highest BCUT2D eigenvalue weighted by molar-refractivity contribution is 7.09. The molecule has 1 fully saturated rings. The molecule has 0 amide bonds. The smallest absolute Gasteiger partial charge is 0.112 e. The fourth-order valence-electron chi connectivity index (χ4n) is 2.05. The van der Waals surface area contributed by atoms with E-state index in [0.717, 1.165) is 31.2 Å². The van der Waals surface area contributed by atoms with Gasteiger partial charge in [0.15, 0.2) is 0 Å². The quantitative estimate of drug-likeness (QED) is 0.857. The monoisotopic (exact) mass is 241 g/mol. The van der Waals surface area contributed by atoms with Crippen LogP contribution in [-0.4, -0.2) is 49.3 Å². The van der Waals surface area contributed by atoms with Gasteiger partial charge in [0.1, 0.15) is 5.01 Å². The number of aromatic nitrogens is 1. The molecule has 0 saturated carbocycles. The highest BCUT2D eigenvalue weighted by Gasteiger charge is 2.32. The van der Waals surface area contributed by atoms with Crippen LogP contribution in [0.2, 0.25) is 0 Å². The maximum Gasteiger partial charge on any atom is 0.112 e. The van der Waals surface area contributed by atoms with Crippen LogP contribution in [0.5, 0.6) is 0 Å². The second kappa shape index (κ2) is 5.72. The Labute approximate surface area is 101 Å². The van der Waals surface area contributed by atoms with Crippen LogP contribution in [-0.2, 0) is 4.74 Å². The number of likely N-dealkylation sites (N-methyl/N-ethyl adjacent to an activating group) is 2. The first-order valence-electron chi connectivity index (χ1n) is 5.75. The summed E-state index contributed by atoms with van der Waals surface area (Å²) in [7, 11) is 2.15. The van der Waals surface area contributed by atoms with Crippen LogP contribution in [0.4, 0.5) is 0 Å². The molecule has 90 valence electrons. The summed E-state index contributed by atoms with van der Waals surface area (Å²) < 4.78 is 5.85. The molecule has 1 saturated heterocycles. The minimum atomic E-state index is 0.213. The maximum atomic E-state index is 5.85. The van der Waals surface area contributed by atoms with E-state index in [2.05, 4.69) is 29.2 Å². The number of morpholine rings is 1. The molecular formula is C11H19N3OS. The zero-order valence-corrected chi connectivity index (χ0v) is 10.7. The van der Waals surface area contributed by atoms with Crippen molar-refractivity contribution in [2.75, 3.05) is 33.3 Å². The van der Waals surface area contributed by atoms with Crippen LogP contribution in [0, 0.1) is 0 Å². The summed E-state index contributed by atoms with van der Waals surface area (Å²) in [6.07, 6.45) is 2.08. The van der Waals surface area contributed by atoms with Gasteiger partial charge in [-0.05, 0) is 13.6 Å². The standard InChI is InChI=1S/C11H19N3OS/c1-3-12-8-9-10(11-13-4-7-16-11)14(2)5-6-15-9/h4,7,9-10,12H,3,5-6,8H2,1-2H3. The van der Waals surface area contributed by atoms with Crippen LogP contribution < -0.4 is 5.32 Å². The predicted octanol–water partition coefficient (Wildman–Crippen LogP) is 1.12. The van der Waals surface area contributed by atoms with Gasteiger partial charge in [0.25, 0.3) is 0 Å². The molecule has 2 atom stereocenters. The van der Waals surface area contributed by atoms with Crippen molar-refractivity contribution in [1.29, 1.82) is 0 Å². The number of hydrogen-bond acceptors (Lipinski definition) is 5. The van der Waals surface area contributed by atoms with Crippen LogP contribution in [0.15, 0.2) is 11.6 Å². The van der Waals surface area contributed by atoms with E-state index in [1.165, 1.54) is 0 Å². The van der Waals surface area contributed by atoms with Gasteiger partial charge in [0.05, 0.1) is 18.8 Å². The molecule has 0 aromatic carbocycles. The van der Waals surface area contributed by atoms with E-state index < -0.39 is 0 Å². The fraction of sp³-hybridized carbons (Fsp3) is 0.727. The average Bonchev–Trinajstić information content (AvgIpc) is 2.79.